The number of nitrogens with zero attached hydrogens (tertiary/aromatic N) is 1. The second-order valence-electron chi connectivity index (χ2n) is 8.50. The van der Waals surface area contributed by atoms with Crippen LogP contribution < -0.4 is 5.32 Å². The molecular weight excluding hydrogens is 320 g/mol. The molecule has 1 amide bonds. The number of hydrogen-bond donors (Lipinski definition) is 2. The van der Waals surface area contributed by atoms with Crippen LogP contribution in [-0.4, -0.2) is 43.9 Å². The molecule has 24 heavy (non-hydrogen) atoms. The Hall–Kier alpha value is -1.24. The number of amidine groups is 1. The van der Waals surface area contributed by atoms with Gasteiger partial charge in [0, 0.05) is 0 Å². The summed E-state index contributed by atoms with van der Waals surface area (Å²) in [4.78, 5) is 17.2. The van der Waals surface area contributed by atoms with Crippen molar-refractivity contribution in [3.63, 3.8) is 0 Å². The van der Waals surface area contributed by atoms with E-state index in [-0.39, 0.29) is 22.9 Å². The van der Waals surface area contributed by atoms with Gasteiger partial charge in [0.1, 0.15) is 5.84 Å². The van der Waals surface area contributed by atoms with Crippen molar-refractivity contribution in [1.82, 2.24) is 5.32 Å². The third kappa shape index (κ3) is 3.14. The summed E-state index contributed by atoms with van der Waals surface area (Å²) in [7, 11) is -1.88. The minimum absolute atomic E-state index is 0.0502. The van der Waals surface area contributed by atoms with Crippen molar-refractivity contribution in [2.45, 2.75) is 63.9 Å². The zero-order valence-corrected chi connectivity index (χ0v) is 16.2. The van der Waals surface area contributed by atoms with Crippen molar-refractivity contribution in [1.29, 1.82) is 0 Å². The molecule has 0 aromatic carbocycles. The van der Waals surface area contributed by atoms with Crippen molar-refractivity contribution >= 4 is 20.1 Å². The number of aliphatic hydroxyl groups is 1. The Morgan fingerprint density at radius 2 is 2.08 bits per heavy atom. The number of aliphatic imine (C=N–C) groups is 1. The minimum atomic E-state index is -1.88. The standard InChI is InChI=1S/C18H28N2O3Si/c1-18(2,3)24(4,5)23-10-16-19-14-8-11-6-7-15(21)12(11)9-13(14)17(22)20-16/h8-9,13-15,21H,6-7,10H2,1-5H3,(H,19,20,22)/t13?,14?,15-/m0/s1. The molecule has 3 aliphatic rings. The lowest BCUT2D eigenvalue weighted by Gasteiger charge is -2.37. The van der Waals surface area contributed by atoms with Crippen LogP contribution in [0.3, 0.4) is 0 Å². The summed E-state index contributed by atoms with van der Waals surface area (Å²) in [6, 6.07) is -0.166. The maximum absolute atomic E-state index is 12.5. The number of hydrogen-bond acceptors (Lipinski definition) is 4. The smallest absolute Gasteiger partial charge is 0.234 e. The predicted octanol–water partition coefficient (Wildman–Crippen LogP) is 2.54. The van der Waals surface area contributed by atoms with E-state index in [9.17, 15) is 9.90 Å². The van der Waals surface area contributed by atoms with E-state index in [1.807, 2.05) is 6.08 Å². The molecule has 2 aliphatic carbocycles. The highest BCUT2D eigenvalue weighted by Gasteiger charge is 2.40. The van der Waals surface area contributed by atoms with Gasteiger partial charge in [-0.2, -0.15) is 0 Å². The molecule has 0 bridgehead atoms. The van der Waals surface area contributed by atoms with Crippen molar-refractivity contribution in [3.05, 3.63) is 23.3 Å². The molecule has 0 radical (unpaired) electrons. The van der Waals surface area contributed by atoms with Gasteiger partial charge in [-0.1, -0.05) is 32.9 Å². The zero-order valence-electron chi connectivity index (χ0n) is 15.2. The van der Waals surface area contributed by atoms with Crippen LogP contribution in [0.15, 0.2) is 28.3 Å². The van der Waals surface area contributed by atoms with Gasteiger partial charge in [0.25, 0.3) is 0 Å². The SMILES string of the molecule is CC(C)(C)[Si](C)(C)OCC1=NC2C=C3CC[C@H](O)C3=CC2C(=O)N1. The molecule has 132 valence electrons. The monoisotopic (exact) mass is 348 g/mol. The van der Waals surface area contributed by atoms with Gasteiger partial charge in [0.05, 0.1) is 24.7 Å². The summed E-state index contributed by atoms with van der Waals surface area (Å²) in [5, 5.41) is 13.0. The molecule has 1 aliphatic heterocycles. The zero-order chi connectivity index (χ0) is 17.7. The summed E-state index contributed by atoms with van der Waals surface area (Å²) in [6.07, 6.45) is 5.13. The largest absolute Gasteiger partial charge is 0.409 e. The van der Waals surface area contributed by atoms with Crippen LogP contribution in [0.2, 0.25) is 18.1 Å². The molecule has 3 atom stereocenters. The molecule has 0 aromatic heterocycles. The number of carbonyl (C=O) groups excluding carboxylic acids is 1. The van der Waals surface area contributed by atoms with Gasteiger partial charge in [0.2, 0.25) is 5.91 Å². The Morgan fingerprint density at radius 3 is 2.75 bits per heavy atom. The highest BCUT2D eigenvalue weighted by molar-refractivity contribution is 6.74. The molecule has 3 rings (SSSR count). The highest BCUT2D eigenvalue weighted by Crippen LogP contribution is 2.38. The van der Waals surface area contributed by atoms with Gasteiger partial charge >= 0.3 is 0 Å². The second kappa shape index (κ2) is 5.93. The van der Waals surface area contributed by atoms with Gasteiger partial charge in [-0.25, -0.2) is 0 Å². The molecular formula is C18H28N2O3Si. The molecule has 0 aromatic rings. The third-order valence-electron chi connectivity index (χ3n) is 5.77. The first-order valence-electron chi connectivity index (χ1n) is 8.71. The van der Waals surface area contributed by atoms with Gasteiger partial charge < -0.3 is 14.8 Å². The maximum atomic E-state index is 12.5. The second-order valence-corrected chi connectivity index (χ2v) is 13.3. The normalized spacial score (nSPS) is 30.0. The van der Waals surface area contributed by atoms with E-state index in [1.165, 1.54) is 0 Å². The summed E-state index contributed by atoms with van der Waals surface area (Å²) < 4.78 is 6.18. The van der Waals surface area contributed by atoms with E-state index >= 15 is 0 Å². The van der Waals surface area contributed by atoms with Gasteiger partial charge in [-0.05, 0) is 42.1 Å². The van der Waals surface area contributed by atoms with E-state index in [1.54, 1.807) is 0 Å². The molecule has 6 heteroatoms. The fourth-order valence-corrected chi connectivity index (χ4v) is 4.06. The van der Waals surface area contributed by atoms with Crippen molar-refractivity contribution in [3.8, 4) is 0 Å². The molecule has 1 fully saturated rings. The van der Waals surface area contributed by atoms with Crippen molar-refractivity contribution in [2.75, 3.05) is 6.61 Å². The number of fused-ring (bicyclic) bond motifs is 2. The highest BCUT2D eigenvalue weighted by atomic mass is 28.4. The molecule has 2 unspecified atom stereocenters. The fourth-order valence-electron chi connectivity index (χ4n) is 3.13. The number of amides is 1. The molecule has 5 nitrogen and oxygen atoms in total. The number of aliphatic hydroxyl groups excluding tert-OH is 1. The summed E-state index contributed by atoms with van der Waals surface area (Å²) >= 11 is 0. The van der Waals surface area contributed by atoms with E-state index in [0.29, 0.717) is 12.4 Å². The Kier molecular flexibility index (Phi) is 4.34. The lowest BCUT2D eigenvalue weighted by atomic mass is 9.86. The molecule has 0 spiro atoms. The lowest BCUT2D eigenvalue weighted by molar-refractivity contribution is -0.122. The van der Waals surface area contributed by atoms with E-state index in [4.69, 9.17) is 9.42 Å². The average molecular weight is 349 g/mol. The van der Waals surface area contributed by atoms with Crippen molar-refractivity contribution < 1.29 is 14.3 Å². The Morgan fingerprint density at radius 1 is 1.38 bits per heavy atom. The maximum Gasteiger partial charge on any atom is 0.234 e. The van der Waals surface area contributed by atoms with Gasteiger partial charge in [-0.15, -0.1) is 0 Å². The minimum Gasteiger partial charge on any atom is -0.409 e. The first-order valence-corrected chi connectivity index (χ1v) is 11.6. The van der Waals surface area contributed by atoms with Crippen LogP contribution in [0.5, 0.6) is 0 Å². The summed E-state index contributed by atoms with van der Waals surface area (Å²) in [5.41, 5.74) is 2.06. The summed E-state index contributed by atoms with van der Waals surface area (Å²) in [5.74, 6) is 0.261. The molecule has 0 saturated heterocycles. The van der Waals surface area contributed by atoms with Crippen LogP contribution in [0.4, 0.5) is 0 Å². The Labute approximate surface area is 145 Å². The number of nitrogens with one attached hydrogen (secondary N) is 1. The van der Waals surface area contributed by atoms with Gasteiger partial charge in [-0.3, -0.25) is 9.79 Å². The van der Waals surface area contributed by atoms with Gasteiger partial charge in [0.15, 0.2) is 8.32 Å². The Balaban J connectivity index is 1.75. The average Bonchev–Trinajstić information content (AvgIpc) is 2.83. The third-order valence-corrected chi connectivity index (χ3v) is 10.2. The van der Waals surface area contributed by atoms with Crippen LogP contribution in [-0.2, 0) is 9.22 Å². The topological polar surface area (TPSA) is 70.9 Å². The summed E-state index contributed by atoms with van der Waals surface area (Å²) in [6.45, 7) is 11.3. The van der Waals surface area contributed by atoms with Crippen LogP contribution in [0, 0.1) is 5.92 Å². The first-order chi connectivity index (χ1) is 11.1. The fraction of sp³-hybridized carbons (Fsp3) is 0.667. The van der Waals surface area contributed by atoms with E-state index < -0.39 is 14.4 Å². The van der Waals surface area contributed by atoms with E-state index in [2.05, 4.69) is 45.3 Å². The quantitative estimate of drug-likeness (QED) is 0.770. The van der Waals surface area contributed by atoms with Crippen molar-refractivity contribution in [2.24, 2.45) is 10.9 Å². The number of carbonyl (C=O) groups is 1. The lowest BCUT2D eigenvalue weighted by Crippen LogP contribution is -2.49. The first kappa shape index (κ1) is 17.6. The van der Waals surface area contributed by atoms with Crippen LogP contribution in [0.25, 0.3) is 0 Å². The van der Waals surface area contributed by atoms with Crippen LogP contribution in [0.1, 0.15) is 33.6 Å². The van der Waals surface area contributed by atoms with E-state index in [0.717, 1.165) is 24.0 Å². The Bertz CT molecular complexity index is 643. The molecule has 2 N–H and O–H groups in total. The molecule has 1 heterocycles. The molecule has 1 saturated carbocycles. The predicted molar refractivity (Wildman–Crippen MR) is 97.4 cm³/mol. The van der Waals surface area contributed by atoms with Crippen LogP contribution >= 0.6 is 0 Å². The number of rotatable bonds is 3.